The Kier molecular flexibility index (Phi) is 14.4. The topological polar surface area (TPSA) is 261 Å². The first kappa shape index (κ1) is 42.4. The number of allylic oxidation sites excluding steroid dienone is 6. The molecule has 20 heteroatoms. The van der Waals surface area contributed by atoms with Crippen molar-refractivity contribution in [3.8, 4) is 0 Å². The summed E-state index contributed by atoms with van der Waals surface area (Å²) in [6.07, 6.45) is 7.69. The second kappa shape index (κ2) is 17.0. The molecule has 276 valence electrons. The van der Waals surface area contributed by atoms with Crippen molar-refractivity contribution in [1.29, 1.82) is 0 Å². The molecule has 0 saturated carbocycles. The molecular formula is C30H39N2O14S4+. The van der Waals surface area contributed by atoms with E-state index in [1.807, 2.05) is 0 Å². The number of carbonyl (C=O) groups is 1. The summed E-state index contributed by atoms with van der Waals surface area (Å²) in [5, 5.41) is 9.32. The molecule has 0 amide bonds. The number of nitrogens with zero attached hydrogens (tertiary/aromatic N) is 2. The number of aryl methyl sites for hydroxylation is 2. The second-order valence-corrected chi connectivity index (χ2v) is 17.1. The van der Waals surface area contributed by atoms with Crippen LogP contribution in [-0.2, 0) is 40.5 Å². The van der Waals surface area contributed by atoms with Gasteiger partial charge >= 0.3 is 16.1 Å². The summed E-state index contributed by atoms with van der Waals surface area (Å²) in [5.41, 5.74) is 1.93. The van der Waals surface area contributed by atoms with Gasteiger partial charge in [0.25, 0.3) is 30.4 Å². The molecule has 0 heterocycles. The zero-order valence-electron chi connectivity index (χ0n) is 27.5. The standard InChI is InChI=1S/C30H38N2O14S4/c1-21-18-25(30(33)34)12-13-27(21)31(14-8-16-47(35,36)37)23(3)10-6-5-7-11-24(4)32(15-9-17-48(38,39)40)29-22(2)19-26(49(41,42)43)20-28(29)50(44,45)46/h5-7,10-13,18-20H,8-9,14-17H2,1-4H3,(H4-,33,34,35,36,37,38,39,40,41,42,43,44,45,46)/p+1. The number of anilines is 1. The maximum atomic E-state index is 12.3. The van der Waals surface area contributed by atoms with E-state index in [1.54, 1.807) is 43.0 Å². The quantitative estimate of drug-likeness (QED) is 0.0664. The molecule has 2 aromatic carbocycles. The molecule has 0 aliphatic rings. The van der Waals surface area contributed by atoms with Gasteiger partial charge in [0.05, 0.1) is 22.0 Å². The third-order valence-electron chi connectivity index (χ3n) is 7.14. The largest absolute Gasteiger partial charge is 0.478 e. The Bertz CT molecular complexity index is 2190. The Labute approximate surface area is 291 Å². The van der Waals surface area contributed by atoms with Crippen molar-refractivity contribution in [3.05, 3.63) is 83.1 Å². The van der Waals surface area contributed by atoms with Gasteiger partial charge in [-0.15, -0.1) is 0 Å². The van der Waals surface area contributed by atoms with Crippen LogP contribution in [0.1, 0.15) is 48.2 Å². The zero-order chi connectivity index (χ0) is 38.2. The smallest absolute Gasteiger partial charge is 0.335 e. The van der Waals surface area contributed by atoms with Gasteiger partial charge in [0, 0.05) is 42.9 Å². The predicted octanol–water partition coefficient (Wildman–Crippen LogP) is 3.68. The summed E-state index contributed by atoms with van der Waals surface area (Å²) < 4.78 is 133. The highest BCUT2D eigenvalue weighted by atomic mass is 32.2. The SMILES string of the molecule is CC(/C=C/C=C/C=C(\C)N(CCCS(=O)(=O)O)c1ccc(C(=O)O)cc1C)=[N+](CCCS(=O)(=O)O)c1c(C)cc(S(=O)(=O)O)cc1S(=O)(=O)O. The molecule has 5 N–H and O–H groups in total. The summed E-state index contributed by atoms with van der Waals surface area (Å²) in [5.74, 6) is -2.33. The average Bonchev–Trinajstić information content (AvgIpc) is 2.95. The number of hydrogen-bond donors (Lipinski definition) is 5. The van der Waals surface area contributed by atoms with Gasteiger partial charge in [0.15, 0.2) is 10.6 Å². The van der Waals surface area contributed by atoms with Crippen molar-refractivity contribution in [2.75, 3.05) is 29.5 Å². The minimum absolute atomic E-state index is 0.0118. The molecule has 0 spiro atoms. The van der Waals surface area contributed by atoms with Crippen LogP contribution in [0.4, 0.5) is 11.4 Å². The van der Waals surface area contributed by atoms with E-state index < -0.39 is 67.7 Å². The van der Waals surface area contributed by atoms with Crippen LogP contribution in [0, 0.1) is 13.8 Å². The van der Waals surface area contributed by atoms with E-state index in [0.29, 0.717) is 28.7 Å². The Hall–Kier alpha value is -3.76. The Morgan fingerprint density at radius 1 is 0.780 bits per heavy atom. The van der Waals surface area contributed by atoms with Crippen molar-refractivity contribution in [2.24, 2.45) is 0 Å². The van der Waals surface area contributed by atoms with Crippen LogP contribution in [0.2, 0.25) is 0 Å². The lowest BCUT2D eigenvalue weighted by molar-refractivity contribution is -0.443. The molecule has 50 heavy (non-hydrogen) atoms. The first-order valence-electron chi connectivity index (χ1n) is 14.6. The molecule has 0 fully saturated rings. The normalized spacial score (nSPS) is 14.0. The van der Waals surface area contributed by atoms with Crippen LogP contribution in [0.25, 0.3) is 0 Å². The number of benzene rings is 2. The fraction of sp³-hybridized carbons (Fsp3) is 0.333. The third kappa shape index (κ3) is 13.2. The van der Waals surface area contributed by atoms with Crippen molar-refractivity contribution in [3.63, 3.8) is 0 Å². The molecule has 0 atom stereocenters. The number of carboxylic acids is 1. The molecule has 0 unspecified atom stereocenters. The van der Waals surface area contributed by atoms with Gasteiger partial charge in [0.2, 0.25) is 5.69 Å². The first-order chi connectivity index (χ1) is 22.8. The summed E-state index contributed by atoms with van der Waals surface area (Å²) in [6.45, 7) is 6.18. The molecule has 2 aromatic rings. The Balaban J connectivity index is 2.59. The van der Waals surface area contributed by atoms with Crippen LogP contribution in [-0.4, -0.2) is 97.8 Å². The summed E-state index contributed by atoms with van der Waals surface area (Å²) >= 11 is 0. The molecule has 2 rings (SSSR count). The third-order valence-corrected chi connectivity index (χ3v) is 10.4. The molecule has 0 bridgehead atoms. The van der Waals surface area contributed by atoms with Gasteiger partial charge in [-0.05, 0) is 69.2 Å². The minimum Gasteiger partial charge on any atom is -0.478 e. The van der Waals surface area contributed by atoms with E-state index in [0.717, 1.165) is 6.07 Å². The predicted molar refractivity (Wildman–Crippen MR) is 186 cm³/mol. The number of carboxylic acid groups (broad SMARTS) is 1. The summed E-state index contributed by atoms with van der Waals surface area (Å²) in [6, 6.07) is 5.97. The first-order valence-corrected chi connectivity index (χ1v) is 20.7. The fourth-order valence-electron chi connectivity index (χ4n) is 4.89. The van der Waals surface area contributed by atoms with Crippen molar-refractivity contribution in [1.82, 2.24) is 0 Å². The highest BCUT2D eigenvalue weighted by Gasteiger charge is 2.30. The highest BCUT2D eigenvalue weighted by Crippen LogP contribution is 2.32. The maximum Gasteiger partial charge on any atom is 0.335 e. The lowest BCUT2D eigenvalue weighted by Crippen LogP contribution is -2.25. The van der Waals surface area contributed by atoms with Gasteiger partial charge in [-0.3, -0.25) is 18.2 Å². The number of aromatic carboxylic acids is 1. The van der Waals surface area contributed by atoms with Crippen molar-refractivity contribution < 1.29 is 66.4 Å². The van der Waals surface area contributed by atoms with Crippen LogP contribution in [0.5, 0.6) is 0 Å². The highest BCUT2D eigenvalue weighted by molar-refractivity contribution is 7.87. The number of rotatable bonds is 17. The van der Waals surface area contributed by atoms with Crippen molar-refractivity contribution in [2.45, 2.75) is 50.3 Å². The van der Waals surface area contributed by atoms with Crippen LogP contribution in [0.15, 0.2) is 76.2 Å². The van der Waals surface area contributed by atoms with E-state index in [4.69, 9.17) is 0 Å². The van der Waals surface area contributed by atoms with Crippen LogP contribution in [0.3, 0.4) is 0 Å². The van der Waals surface area contributed by atoms with Gasteiger partial charge in [0.1, 0.15) is 6.54 Å². The monoisotopic (exact) mass is 779 g/mol. The molecule has 0 aromatic heterocycles. The van der Waals surface area contributed by atoms with Gasteiger partial charge in [-0.1, -0.05) is 18.2 Å². The van der Waals surface area contributed by atoms with E-state index in [9.17, 15) is 61.8 Å². The second-order valence-electron chi connectivity index (χ2n) is 11.1. The lowest BCUT2D eigenvalue weighted by Gasteiger charge is -2.27. The lowest BCUT2D eigenvalue weighted by atomic mass is 10.1. The van der Waals surface area contributed by atoms with Gasteiger partial charge < -0.3 is 10.0 Å². The van der Waals surface area contributed by atoms with E-state index in [-0.39, 0.29) is 42.7 Å². The minimum atomic E-state index is -5.09. The van der Waals surface area contributed by atoms with Gasteiger partial charge in [-0.25, -0.2) is 4.79 Å². The van der Waals surface area contributed by atoms with Gasteiger partial charge in [-0.2, -0.15) is 38.2 Å². The molecule has 0 aliphatic carbocycles. The summed E-state index contributed by atoms with van der Waals surface area (Å²) in [7, 11) is -18.6. The number of hydrogen-bond acceptors (Lipinski definition) is 10. The molecule has 0 radical (unpaired) electrons. The van der Waals surface area contributed by atoms with Crippen LogP contribution >= 0.6 is 0 Å². The summed E-state index contributed by atoms with van der Waals surface area (Å²) in [4.78, 5) is 11.5. The van der Waals surface area contributed by atoms with Crippen LogP contribution < -0.4 is 4.90 Å². The molecular weight excluding hydrogens is 741 g/mol. The fourth-order valence-corrected chi connectivity index (χ4v) is 7.34. The Morgan fingerprint density at radius 3 is 1.90 bits per heavy atom. The van der Waals surface area contributed by atoms with E-state index in [1.165, 1.54) is 42.7 Å². The average molecular weight is 780 g/mol. The van der Waals surface area contributed by atoms with E-state index >= 15 is 0 Å². The molecule has 0 saturated heterocycles. The van der Waals surface area contributed by atoms with Crippen molar-refractivity contribution >= 4 is 63.5 Å². The Morgan fingerprint density at radius 2 is 1.38 bits per heavy atom. The maximum absolute atomic E-state index is 12.3. The zero-order valence-corrected chi connectivity index (χ0v) is 30.7. The molecule has 0 aliphatic heterocycles. The van der Waals surface area contributed by atoms with E-state index in [2.05, 4.69) is 0 Å². The molecule has 16 nitrogen and oxygen atoms in total.